The Labute approximate surface area is 150 Å². The first-order chi connectivity index (χ1) is 11.6. The Morgan fingerprint density at radius 1 is 1.46 bits per heavy atom. The molecule has 1 aromatic rings. The highest BCUT2D eigenvalue weighted by Crippen LogP contribution is 2.27. The highest BCUT2D eigenvalue weighted by molar-refractivity contribution is 9.10. The Bertz CT molecular complexity index is 594. The molecule has 24 heavy (non-hydrogen) atoms. The van der Waals surface area contributed by atoms with Gasteiger partial charge in [0, 0.05) is 17.6 Å². The van der Waals surface area contributed by atoms with Gasteiger partial charge >= 0.3 is 0 Å². The minimum Gasteiger partial charge on any atom is -0.493 e. The zero-order valence-electron chi connectivity index (χ0n) is 13.9. The van der Waals surface area contributed by atoms with E-state index in [1.807, 2.05) is 6.07 Å². The van der Waals surface area contributed by atoms with Gasteiger partial charge in [-0.05, 0) is 37.5 Å². The first kappa shape index (κ1) is 18.7. The first-order valence-electron chi connectivity index (χ1n) is 8.29. The van der Waals surface area contributed by atoms with E-state index in [0.717, 1.165) is 30.2 Å². The lowest BCUT2D eigenvalue weighted by Crippen LogP contribution is -2.47. The van der Waals surface area contributed by atoms with Gasteiger partial charge in [-0.2, -0.15) is 0 Å². The lowest BCUT2D eigenvalue weighted by atomic mass is 9.96. The van der Waals surface area contributed by atoms with E-state index in [0.29, 0.717) is 31.0 Å². The van der Waals surface area contributed by atoms with E-state index >= 15 is 0 Å². The standard InChI is InChI=1S/C17H24BrN3O3/c1-2-3-9-24-15-7-6-13(18)10-14(15)17(23)21-8-4-5-12(11-21)16(22)20-19/h6-7,10,12H,2-5,8-9,11,19H2,1H3,(H,20,22). The second-order valence-corrected chi connectivity index (χ2v) is 6.86. The fourth-order valence-corrected chi connectivity index (χ4v) is 3.15. The summed E-state index contributed by atoms with van der Waals surface area (Å²) in [6.45, 7) is 3.68. The zero-order chi connectivity index (χ0) is 17.5. The second-order valence-electron chi connectivity index (χ2n) is 5.94. The summed E-state index contributed by atoms with van der Waals surface area (Å²) in [6.07, 6.45) is 3.49. The molecule has 1 heterocycles. The SMILES string of the molecule is CCCCOc1ccc(Br)cc1C(=O)N1CCCC(C(=O)NN)C1. The number of rotatable bonds is 6. The summed E-state index contributed by atoms with van der Waals surface area (Å²) >= 11 is 3.41. The van der Waals surface area contributed by atoms with E-state index < -0.39 is 0 Å². The van der Waals surface area contributed by atoms with Gasteiger partial charge in [-0.3, -0.25) is 15.0 Å². The highest BCUT2D eigenvalue weighted by Gasteiger charge is 2.29. The van der Waals surface area contributed by atoms with Crippen LogP contribution in [-0.4, -0.2) is 36.4 Å². The number of likely N-dealkylation sites (tertiary alicyclic amines) is 1. The molecule has 1 fully saturated rings. The number of unbranched alkanes of at least 4 members (excludes halogenated alkanes) is 1. The van der Waals surface area contributed by atoms with Crippen molar-refractivity contribution in [2.45, 2.75) is 32.6 Å². The number of amides is 2. The number of nitrogens with one attached hydrogen (secondary N) is 1. The van der Waals surface area contributed by atoms with Crippen molar-refractivity contribution >= 4 is 27.7 Å². The van der Waals surface area contributed by atoms with Crippen molar-refractivity contribution in [2.24, 2.45) is 11.8 Å². The number of hydrogen-bond donors (Lipinski definition) is 2. The third-order valence-corrected chi connectivity index (χ3v) is 4.64. The van der Waals surface area contributed by atoms with Gasteiger partial charge in [0.15, 0.2) is 0 Å². The molecule has 1 aliphatic rings. The maximum atomic E-state index is 12.9. The Balaban J connectivity index is 2.15. The number of nitrogens with two attached hydrogens (primary N) is 1. The number of halogens is 1. The summed E-state index contributed by atoms with van der Waals surface area (Å²) in [6, 6.07) is 5.44. The van der Waals surface area contributed by atoms with Gasteiger partial charge in [-0.1, -0.05) is 29.3 Å². The van der Waals surface area contributed by atoms with Crippen LogP contribution in [0.25, 0.3) is 0 Å². The second kappa shape index (κ2) is 9.03. The molecule has 2 rings (SSSR count). The third kappa shape index (κ3) is 4.70. The van der Waals surface area contributed by atoms with Crippen LogP contribution < -0.4 is 16.0 Å². The van der Waals surface area contributed by atoms with E-state index in [4.69, 9.17) is 10.6 Å². The summed E-state index contributed by atoms with van der Waals surface area (Å²) in [7, 11) is 0. The monoisotopic (exact) mass is 397 g/mol. The van der Waals surface area contributed by atoms with Gasteiger partial charge in [0.05, 0.1) is 18.1 Å². The van der Waals surface area contributed by atoms with Crippen molar-refractivity contribution in [1.82, 2.24) is 10.3 Å². The molecular weight excluding hydrogens is 374 g/mol. The molecule has 132 valence electrons. The Morgan fingerprint density at radius 2 is 2.25 bits per heavy atom. The summed E-state index contributed by atoms with van der Waals surface area (Å²) in [4.78, 5) is 26.4. The highest BCUT2D eigenvalue weighted by atomic mass is 79.9. The van der Waals surface area contributed by atoms with Crippen LogP contribution in [0.3, 0.4) is 0 Å². The lowest BCUT2D eigenvalue weighted by Gasteiger charge is -2.32. The average Bonchev–Trinajstić information content (AvgIpc) is 2.61. The first-order valence-corrected chi connectivity index (χ1v) is 9.08. The van der Waals surface area contributed by atoms with Crippen LogP contribution in [0.1, 0.15) is 43.0 Å². The van der Waals surface area contributed by atoms with Gasteiger partial charge in [-0.25, -0.2) is 5.84 Å². The quantitative estimate of drug-likeness (QED) is 0.334. The average molecular weight is 398 g/mol. The van der Waals surface area contributed by atoms with Crippen LogP contribution in [0.4, 0.5) is 0 Å². The van der Waals surface area contributed by atoms with Crippen molar-refractivity contribution in [2.75, 3.05) is 19.7 Å². The predicted octanol–water partition coefficient (Wildman–Crippen LogP) is 2.47. The number of hydrogen-bond acceptors (Lipinski definition) is 4. The minimum absolute atomic E-state index is 0.114. The predicted molar refractivity (Wildman–Crippen MR) is 95.5 cm³/mol. The Hall–Kier alpha value is -1.60. The molecule has 0 radical (unpaired) electrons. The van der Waals surface area contributed by atoms with Crippen molar-refractivity contribution in [3.05, 3.63) is 28.2 Å². The number of benzene rings is 1. The molecule has 0 spiro atoms. The molecule has 1 aliphatic heterocycles. The van der Waals surface area contributed by atoms with Crippen molar-refractivity contribution in [1.29, 1.82) is 0 Å². The van der Waals surface area contributed by atoms with E-state index in [1.54, 1.807) is 17.0 Å². The van der Waals surface area contributed by atoms with Crippen LogP contribution >= 0.6 is 15.9 Å². The summed E-state index contributed by atoms with van der Waals surface area (Å²) in [5.41, 5.74) is 2.70. The van der Waals surface area contributed by atoms with Crippen LogP contribution in [-0.2, 0) is 4.79 Å². The summed E-state index contributed by atoms with van der Waals surface area (Å²) in [5.74, 6) is 5.21. The zero-order valence-corrected chi connectivity index (χ0v) is 15.5. The number of carbonyl (C=O) groups is 2. The summed E-state index contributed by atoms with van der Waals surface area (Å²) < 4.78 is 6.59. The Kier molecular flexibility index (Phi) is 7.05. The fourth-order valence-electron chi connectivity index (χ4n) is 2.79. The smallest absolute Gasteiger partial charge is 0.257 e. The van der Waals surface area contributed by atoms with Crippen molar-refractivity contribution in [3.8, 4) is 5.75 Å². The fraction of sp³-hybridized carbons (Fsp3) is 0.529. The van der Waals surface area contributed by atoms with Crippen LogP contribution in [0.15, 0.2) is 22.7 Å². The number of hydrazine groups is 1. The molecule has 0 aromatic heterocycles. The molecule has 0 bridgehead atoms. The van der Waals surface area contributed by atoms with Gasteiger partial charge < -0.3 is 9.64 Å². The number of nitrogens with zero attached hydrogens (tertiary/aromatic N) is 1. The molecule has 3 N–H and O–H groups in total. The molecule has 0 saturated carbocycles. The molecule has 7 heteroatoms. The van der Waals surface area contributed by atoms with E-state index in [-0.39, 0.29) is 17.7 Å². The molecule has 1 unspecified atom stereocenters. The molecule has 6 nitrogen and oxygen atoms in total. The maximum absolute atomic E-state index is 12.9. The number of piperidine rings is 1. The van der Waals surface area contributed by atoms with Gasteiger partial charge in [-0.15, -0.1) is 0 Å². The topological polar surface area (TPSA) is 84.7 Å². The largest absolute Gasteiger partial charge is 0.493 e. The van der Waals surface area contributed by atoms with Crippen molar-refractivity contribution < 1.29 is 14.3 Å². The lowest BCUT2D eigenvalue weighted by molar-refractivity contribution is -0.126. The molecule has 0 aliphatic carbocycles. The van der Waals surface area contributed by atoms with Crippen molar-refractivity contribution in [3.63, 3.8) is 0 Å². The molecular formula is C17H24BrN3O3. The van der Waals surface area contributed by atoms with E-state index in [1.165, 1.54) is 0 Å². The van der Waals surface area contributed by atoms with Crippen LogP contribution in [0.5, 0.6) is 5.75 Å². The molecule has 2 amide bonds. The number of carbonyl (C=O) groups excluding carboxylic acids is 2. The van der Waals surface area contributed by atoms with Gasteiger partial charge in [0.25, 0.3) is 5.91 Å². The number of ether oxygens (including phenoxy) is 1. The Morgan fingerprint density at radius 3 is 2.96 bits per heavy atom. The molecule has 1 aromatic carbocycles. The van der Waals surface area contributed by atoms with Crippen LogP contribution in [0.2, 0.25) is 0 Å². The van der Waals surface area contributed by atoms with Gasteiger partial charge in [0.1, 0.15) is 5.75 Å². The maximum Gasteiger partial charge on any atom is 0.257 e. The molecule has 1 saturated heterocycles. The van der Waals surface area contributed by atoms with E-state index in [2.05, 4.69) is 28.3 Å². The van der Waals surface area contributed by atoms with Gasteiger partial charge in [0.2, 0.25) is 5.91 Å². The summed E-state index contributed by atoms with van der Waals surface area (Å²) in [5, 5.41) is 0. The third-order valence-electron chi connectivity index (χ3n) is 4.15. The van der Waals surface area contributed by atoms with E-state index in [9.17, 15) is 9.59 Å². The van der Waals surface area contributed by atoms with Crippen LogP contribution in [0, 0.1) is 5.92 Å². The molecule has 1 atom stereocenters. The normalized spacial score (nSPS) is 17.5. The minimum atomic E-state index is -0.260.